The van der Waals surface area contributed by atoms with Crippen molar-refractivity contribution in [2.75, 3.05) is 6.54 Å². The van der Waals surface area contributed by atoms with Gasteiger partial charge < -0.3 is 5.32 Å². The Bertz CT molecular complexity index is 350. The lowest BCUT2D eigenvalue weighted by atomic mass is 10.1. The van der Waals surface area contributed by atoms with Gasteiger partial charge in [0.25, 0.3) is 0 Å². The zero-order valence-corrected chi connectivity index (χ0v) is 11.4. The minimum atomic E-state index is 0.753. The molecule has 0 aliphatic heterocycles. The number of rotatable bonds is 7. The lowest BCUT2D eigenvalue weighted by Gasteiger charge is -2.10. The SMILES string of the molecule is CCNCc1cnn(CCC(C)C)c1C1CC1. The largest absolute Gasteiger partial charge is 0.313 e. The van der Waals surface area contributed by atoms with E-state index < -0.39 is 0 Å². The van der Waals surface area contributed by atoms with Crippen LogP contribution in [0.15, 0.2) is 6.20 Å². The summed E-state index contributed by atoms with van der Waals surface area (Å²) in [5.41, 5.74) is 2.92. The average Bonchev–Trinajstić information content (AvgIpc) is 3.05. The fourth-order valence-electron chi connectivity index (χ4n) is 2.22. The van der Waals surface area contributed by atoms with Gasteiger partial charge in [-0.25, -0.2) is 0 Å². The van der Waals surface area contributed by atoms with E-state index in [-0.39, 0.29) is 0 Å². The highest BCUT2D eigenvalue weighted by Crippen LogP contribution is 2.41. The summed E-state index contributed by atoms with van der Waals surface area (Å²) >= 11 is 0. The van der Waals surface area contributed by atoms with Crippen molar-refractivity contribution in [2.45, 2.75) is 59.0 Å². The average molecular weight is 235 g/mol. The molecule has 2 rings (SSSR count). The molecule has 0 unspecified atom stereocenters. The van der Waals surface area contributed by atoms with E-state index in [9.17, 15) is 0 Å². The van der Waals surface area contributed by atoms with Crippen molar-refractivity contribution in [1.29, 1.82) is 0 Å². The van der Waals surface area contributed by atoms with E-state index in [1.165, 1.54) is 30.5 Å². The first kappa shape index (κ1) is 12.6. The number of hydrogen-bond donors (Lipinski definition) is 1. The molecule has 0 aromatic carbocycles. The molecule has 96 valence electrons. The summed E-state index contributed by atoms with van der Waals surface area (Å²) < 4.78 is 2.25. The quantitative estimate of drug-likeness (QED) is 0.787. The first-order valence-corrected chi connectivity index (χ1v) is 6.97. The molecule has 1 heterocycles. The van der Waals surface area contributed by atoms with Gasteiger partial charge in [0.1, 0.15) is 0 Å². The van der Waals surface area contributed by atoms with Gasteiger partial charge in [0, 0.05) is 30.3 Å². The molecule has 1 aliphatic rings. The fraction of sp³-hybridized carbons (Fsp3) is 0.786. The van der Waals surface area contributed by atoms with E-state index in [1.807, 2.05) is 0 Å². The maximum Gasteiger partial charge on any atom is 0.0537 e. The number of aromatic nitrogens is 2. The number of nitrogens with zero attached hydrogens (tertiary/aromatic N) is 2. The van der Waals surface area contributed by atoms with E-state index >= 15 is 0 Å². The molecule has 3 nitrogen and oxygen atoms in total. The minimum Gasteiger partial charge on any atom is -0.313 e. The van der Waals surface area contributed by atoms with Gasteiger partial charge in [0.05, 0.1) is 6.20 Å². The maximum atomic E-state index is 4.58. The van der Waals surface area contributed by atoms with Crippen molar-refractivity contribution in [3.63, 3.8) is 0 Å². The molecule has 1 saturated carbocycles. The molecule has 0 saturated heterocycles. The monoisotopic (exact) mass is 235 g/mol. The van der Waals surface area contributed by atoms with Gasteiger partial charge in [-0.05, 0) is 31.7 Å². The van der Waals surface area contributed by atoms with Crippen molar-refractivity contribution in [3.8, 4) is 0 Å². The predicted octanol–water partition coefficient (Wildman–Crippen LogP) is 2.92. The molecule has 1 aromatic heterocycles. The summed E-state index contributed by atoms with van der Waals surface area (Å²) in [6.45, 7) is 9.79. The van der Waals surface area contributed by atoms with E-state index in [2.05, 4.69) is 42.1 Å². The predicted molar refractivity (Wildman–Crippen MR) is 71.0 cm³/mol. The molecule has 0 radical (unpaired) electrons. The summed E-state index contributed by atoms with van der Waals surface area (Å²) in [7, 11) is 0. The zero-order chi connectivity index (χ0) is 12.3. The Balaban J connectivity index is 2.06. The smallest absolute Gasteiger partial charge is 0.0537 e. The third kappa shape index (κ3) is 3.32. The first-order chi connectivity index (χ1) is 8.22. The van der Waals surface area contributed by atoms with Crippen LogP contribution in [0.4, 0.5) is 0 Å². The lowest BCUT2D eigenvalue weighted by Crippen LogP contribution is -2.14. The molecule has 3 heteroatoms. The molecule has 0 amide bonds. The van der Waals surface area contributed by atoms with Crippen LogP contribution in [0.5, 0.6) is 0 Å². The molecule has 1 aromatic rings. The summed E-state index contributed by atoms with van der Waals surface area (Å²) in [5.74, 6) is 1.54. The van der Waals surface area contributed by atoms with Gasteiger partial charge in [-0.3, -0.25) is 4.68 Å². The van der Waals surface area contributed by atoms with E-state index in [0.717, 1.165) is 31.5 Å². The topological polar surface area (TPSA) is 29.9 Å². The normalized spacial score (nSPS) is 15.8. The molecular formula is C14H25N3. The summed E-state index contributed by atoms with van der Waals surface area (Å²) in [5, 5.41) is 7.99. The molecule has 0 bridgehead atoms. The van der Waals surface area contributed by atoms with Gasteiger partial charge in [-0.15, -0.1) is 0 Å². The van der Waals surface area contributed by atoms with Crippen LogP contribution in [0.1, 0.15) is 57.2 Å². The standard InChI is InChI=1S/C14H25N3/c1-4-15-9-13-10-16-17(8-7-11(2)3)14(13)12-5-6-12/h10-12,15H,4-9H2,1-3H3. The summed E-state index contributed by atoms with van der Waals surface area (Å²) in [6.07, 6.45) is 6.00. The maximum absolute atomic E-state index is 4.58. The molecule has 1 fully saturated rings. The minimum absolute atomic E-state index is 0.753. The molecular weight excluding hydrogens is 210 g/mol. The van der Waals surface area contributed by atoms with Crippen LogP contribution in [0.25, 0.3) is 0 Å². The van der Waals surface area contributed by atoms with Gasteiger partial charge >= 0.3 is 0 Å². The molecule has 0 spiro atoms. The summed E-state index contributed by atoms with van der Waals surface area (Å²) in [4.78, 5) is 0. The first-order valence-electron chi connectivity index (χ1n) is 6.97. The Morgan fingerprint density at radius 3 is 2.82 bits per heavy atom. The van der Waals surface area contributed by atoms with Crippen LogP contribution >= 0.6 is 0 Å². The van der Waals surface area contributed by atoms with E-state index in [1.54, 1.807) is 0 Å². The third-order valence-corrected chi connectivity index (χ3v) is 3.41. The van der Waals surface area contributed by atoms with Crippen molar-refractivity contribution >= 4 is 0 Å². The summed E-state index contributed by atoms with van der Waals surface area (Å²) in [6, 6.07) is 0. The number of aryl methyl sites for hydroxylation is 1. The Morgan fingerprint density at radius 2 is 2.24 bits per heavy atom. The fourth-order valence-corrected chi connectivity index (χ4v) is 2.22. The molecule has 0 atom stereocenters. The molecule has 17 heavy (non-hydrogen) atoms. The Morgan fingerprint density at radius 1 is 1.47 bits per heavy atom. The van der Waals surface area contributed by atoms with Gasteiger partial charge in [-0.2, -0.15) is 5.10 Å². The second-order valence-corrected chi connectivity index (χ2v) is 5.52. The van der Waals surface area contributed by atoms with E-state index in [0.29, 0.717) is 0 Å². The highest BCUT2D eigenvalue weighted by molar-refractivity contribution is 5.25. The van der Waals surface area contributed by atoms with Gasteiger partial charge in [0.15, 0.2) is 0 Å². The van der Waals surface area contributed by atoms with E-state index in [4.69, 9.17) is 0 Å². The van der Waals surface area contributed by atoms with Crippen molar-refractivity contribution < 1.29 is 0 Å². The Hall–Kier alpha value is -0.830. The molecule has 1 aliphatic carbocycles. The number of nitrogens with one attached hydrogen (secondary N) is 1. The Kier molecular flexibility index (Phi) is 4.21. The highest BCUT2D eigenvalue weighted by Gasteiger charge is 2.29. The number of hydrogen-bond acceptors (Lipinski definition) is 2. The molecule has 1 N–H and O–H groups in total. The highest BCUT2D eigenvalue weighted by atomic mass is 15.3. The van der Waals surface area contributed by atoms with Crippen LogP contribution in [0.2, 0.25) is 0 Å². The van der Waals surface area contributed by atoms with Crippen LogP contribution in [0.3, 0.4) is 0 Å². The van der Waals surface area contributed by atoms with Crippen LogP contribution in [0, 0.1) is 5.92 Å². The van der Waals surface area contributed by atoms with Gasteiger partial charge in [-0.1, -0.05) is 20.8 Å². The zero-order valence-electron chi connectivity index (χ0n) is 11.4. The second kappa shape index (κ2) is 5.67. The third-order valence-electron chi connectivity index (χ3n) is 3.41. The Labute approximate surface area is 105 Å². The van der Waals surface area contributed by atoms with Crippen LogP contribution in [-0.4, -0.2) is 16.3 Å². The van der Waals surface area contributed by atoms with Crippen LogP contribution < -0.4 is 5.32 Å². The van der Waals surface area contributed by atoms with Crippen molar-refractivity contribution in [3.05, 3.63) is 17.5 Å². The lowest BCUT2D eigenvalue weighted by molar-refractivity contribution is 0.475. The van der Waals surface area contributed by atoms with Crippen molar-refractivity contribution in [2.24, 2.45) is 5.92 Å². The van der Waals surface area contributed by atoms with Crippen molar-refractivity contribution in [1.82, 2.24) is 15.1 Å². The van der Waals surface area contributed by atoms with Gasteiger partial charge in [0.2, 0.25) is 0 Å². The second-order valence-electron chi connectivity index (χ2n) is 5.52. The van der Waals surface area contributed by atoms with Crippen LogP contribution in [-0.2, 0) is 13.1 Å².